The maximum absolute atomic E-state index is 9.90. The predicted octanol–water partition coefficient (Wildman–Crippen LogP) is 4.71. The van der Waals surface area contributed by atoms with E-state index < -0.39 is 0 Å². The normalized spacial score (nSPS) is 12.0. The molecule has 3 aromatic carbocycles. The van der Waals surface area contributed by atoms with E-state index in [4.69, 9.17) is 24.7 Å². The predicted molar refractivity (Wildman–Crippen MR) is 136 cm³/mol. The number of aromatic nitrogens is 2. The Morgan fingerprint density at radius 2 is 1.86 bits per heavy atom. The molecule has 0 atom stereocenters. The van der Waals surface area contributed by atoms with Crippen molar-refractivity contribution in [3.8, 4) is 40.8 Å². The summed E-state index contributed by atoms with van der Waals surface area (Å²) in [6, 6.07) is 24.3. The number of allylic oxidation sites excluding steroid dienone is 1. The van der Waals surface area contributed by atoms with Crippen molar-refractivity contribution < 1.29 is 18.9 Å². The van der Waals surface area contributed by atoms with Crippen LogP contribution in [0.4, 0.5) is 5.82 Å². The molecule has 182 valence electrons. The molecule has 0 spiro atoms. The lowest BCUT2D eigenvalue weighted by Crippen LogP contribution is -2.02. The zero-order chi connectivity index (χ0) is 25.8. The van der Waals surface area contributed by atoms with E-state index in [1.807, 2.05) is 48.5 Å². The third kappa shape index (κ3) is 4.62. The Morgan fingerprint density at radius 3 is 2.62 bits per heavy atom. The van der Waals surface area contributed by atoms with Gasteiger partial charge in [0.25, 0.3) is 0 Å². The fourth-order valence-electron chi connectivity index (χ4n) is 3.90. The number of nitrogens with zero attached hydrogens (tertiary/aromatic N) is 4. The second-order valence-corrected chi connectivity index (χ2v) is 8.02. The Kier molecular flexibility index (Phi) is 6.35. The molecule has 4 aromatic rings. The molecular weight excluding hydrogens is 470 g/mol. The minimum Gasteiger partial charge on any atom is -0.493 e. The first-order chi connectivity index (χ1) is 18.1. The van der Waals surface area contributed by atoms with Gasteiger partial charge in [-0.15, -0.1) is 0 Å². The first-order valence-corrected chi connectivity index (χ1v) is 11.3. The summed E-state index contributed by atoms with van der Waals surface area (Å²) < 4.78 is 23.7. The maximum atomic E-state index is 9.90. The minimum absolute atomic E-state index is 0.132. The minimum atomic E-state index is 0.132. The molecule has 1 aliphatic heterocycles. The van der Waals surface area contributed by atoms with Crippen molar-refractivity contribution in [2.24, 2.45) is 0 Å². The number of ether oxygens (including phenoxy) is 4. The Labute approximate surface area is 213 Å². The number of nitrogen functional groups attached to an aromatic ring is 1. The SMILES string of the molecule is COc1cc(C=C(C#N)c2nn(-c3ccccc3)c(N)c2C#N)ccc1OCc1ccc2c(c1)OCO2. The summed E-state index contributed by atoms with van der Waals surface area (Å²) in [4.78, 5) is 0. The van der Waals surface area contributed by atoms with Gasteiger partial charge in [0.2, 0.25) is 6.79 Å². The van der Waals surface area contributed by atoms with E-state index in [2.05, 4.69) is 17.2 Å². The van der Waals surface area contributed by atoms with Crippen molar-refractivity contribution in [3.63, 3.8) is 0 Å². The molecule has 0 bridgehead atoms. The number of rotatable bonds is 7. The third-order valence-electron chi connectivity index (χ3n) is 5.74. The van der Waals surface area contributed by atoms with Crippen LogP contribution in [-0.4, -0.2) is 23.7 Å². The summed E-state index contributed by atoms with van der Waals surface area (Å²) >= 11 is 0. The van der Waals surface area contributed by atoms with Gasteiger partial charge in [-0.1, -0.05) is 30.3 Å². The van der Waals surface area contributed by atoms with Crippen LogP contribution in [0, 0.1) is 22.7 Å². The quantitative estimate of drug-likeness (QED) is 0.368. The lowest BCUT2D eigenvalue weighted by Gasteiger charge is -2.12. The highest BCUT2D eigenvalue weighted by Crippen LogP contribution is 2.34. The average Bonchev–Trinajstić information content (AvgIpc) is 3.54. The molecule has 0 fully saturated rings. The van der Waals surface area contributed by atoms with Crippen molar-refractivity contribution in [2.75, 3.05) is 19.6 Å². The van der Waals surface area contributed by atoms with Crippen LogP contribution in [0.2, 0.25) is 0 Å². The highest BCUT2D eigenvalue weighted by molar-refractivity contribution is 5.91. The standard InChI is InChI=1S/C28H21N5O4/c1-34-25-12-18(7-9-23(25)35-16-19-8-10-24-26(13-19)37-17-36-24)11-20(14-29)27-22(15-30)28(31)33(32-27)21-5-3-2-4-6-21/h2-13H,16-17,31H2,1H3. The summed E-state index contributed by atoms with van der Waals surface area (Å²) in [5.41, 5.74) is 8.99. The van der Waals surface area contributed by atoms with Gasteiger partial charge in [-0.2, -0.15) is 15.6 Å². The van der Waals surface area contributed by atoms with Crippen LogP contribution in [0.3, 0.4) is 0 Å². The van der Waals surface area contributed by atoms with E-state index in [1.165, 1.54) is 11.8 Å². The molecule has 9 nitrogen and oxygen atoms in total. The van der Waals surface area contributed by atoms with Crippen molar-refractivity contribution in [1.82, 2.24) is 9.78 Å². The molecule has 0 saturated carbocycles. The second-order valence-electron chi connectivity index (χ2n) is 8.02. The van der Waals surface area contributed by atoms with E-state index in [1.54, 1.807) is 24.3 Å². The van der Waals surface area contributed by atoms with Gasteiger partial charge in [-0.05, 0) is 53.6 Å². The number of methoxy groups -OCH3 is 1. The van der Waals surface area contributed by atoms with Gasteiger partial charge in [0, 0.05) is 0 Å². The van der Waals surface area contributed by atoms with Crippen LogP contribution in [0.15, 0.2) is 66.7 Å². The zero-order valence-corrected chi connectivity index (χ0v) is 19.8. The Bertz CT molecular complexity index is 1580. The summed E-state index contributed by atoms with van der Waals surface area (Å²) in [5, 5.41) is 24.1. The molecule has 1 aromatic heterocycles. The van der Waals surface area contributed by atoms with Gasteiger partial charge < -0.3 is 24.7 Å². The number of benzene rings is 3. The molecule has 0 unspecified atom stereocenters. The average molecular weight is 492 g/mol. The van der Waals surface area contributed by atoms with Crippen LogP contribution in [0.5, 0.6) is 23.0 Å². The largest absolute Gasteiger partial charge is 0.493 e. The summed E-state index contributed by atoms with van der Waals surface area (Å²) in [6.45, 7) is 0.509. The molecule has 0 aliphatic carbocycles. The van der Waals surface area contributed by atoms with Gasteiger partial charge in [0.15, 0.2) is 23.0 Å². The van der Waals surface area contributed by atoms with Crippen LogP contribution in [-0.2, 0) is 6.61 Å². The number of para-hydroxylation sites is 1. The molecule has 0 radical (unpaired) electrons. The molecule has 9 heteroatoms. The van der Waals surface area contributed by atoms with Crippen LogP contribution in [0.25, 0.3) is 17.3 Å². The lowest BCUT2D eigenvalue weighted by molar-refractivity contribution is 0.174. The van der Waals surface area contributed by atoms with Crippen molar-refractivity contribution in [1.29, 1.82) is 10.5 Å². The van der Waals surface area contributed by atoms with Crippen molar-refractivity contribution in [2.45, 2.75) is 6.61 Å². The number of anilines is 1. The highest BCUT2D eigenvalue weighted by Gasteiger charge is 2.20. The van der Waals surface area contributed by atoms with E-state index in [9.17, 15) is 10.5 Å². The molecule has 37 heavy (non-hydrogen) atoms. The number of nitrogens with two attached hydrogens (primary N) is 1. The second kappa shape index (κ2) is 10.1. The molecule has 1 aliphatic rings. The number of nitriles is 2. The van der Waals surface area contributed by atoms with Crippen LogP contribution in [0.1, 0.15) is 22.4 Å². The van der Waals surface area contributed by atoms with Crippen LogP contribution >= 0.6 is 0 Å². The van der Waals surface area contributed by atoms with Crippen molar-refractivity contribution >= 4 is 17.5 Å². The lowest BCUT2D eigenvalue weighted by atomic mass is 10.1. The first-order valence-electron chi connectivity index (χ1n) is 11.3. The van der Waals surface area contributed by atoms with E-state index >= 15 is 0 Å². The van der Waals surface area contributed by atoms with E-state index in [-0.39, 0.29) is 29.4 Å². The topological polar surface area (TPSA) is 128 Å². The number of hydrogen-bond donors (Lipinski definition) is 1. The molecule has 2 N–H and O–H groups in total. The van der Waals surface area contributed by atoms with Gasteiger partial charge >= 0.3 is 0 Å². The van der Waals surface area contributed by atoms with Crippen LogP contribution < -0.4 is 24.7 Å². The van der Waals surface area contributed by atoms with E-state index in [0.717, 1.165) is 5.56 Å². The van der Waals surface area contributed by atoms with E-state index in [0.29, 0.717) is 40.9 Å². The molecule has 0 amide bonds. The van der Waals surface area contributed by atoms with Gasteiger partial charge in [-0.25, -0.2) is 4.68 Å². The van der Waals surface area contributed by atoms with Gasteiger partial charge in [0.05, 0.1) is 18.4 Å². The summed E-state index contributed by atoms with van der Waals surface area (Å²) in [7, 11) is 1.54. The maximum Gasteiger partial charge on any atom is 0.231 e. The number of fused-ring (bicyclic) bond motifs is 1. The molecule has 0 saturated heterocycles. The fourth-order valence-corrected chi connectivity index (χ4v) is 3.90. The Hall–Kier alpha value is -5.41. The van der Waals surface area contributed by atoms with Gasteiger partial charge in [0.1, 0.15) is 35.8 Å². The summed E-state index contributed by atoms with van der Waals surface area (Å²) in [6.07, 6.45) is 1.63. The highest BCUT2D eigenvalue weighted by atomic mass is 16.7. The Balaban J connectivity index is 1.42. The monoisotopic (exact) mass is 491 g/mol. The molecular formula is C28H21N5O4. The molecule has 5 rings (SSSR count). The fraction of sp³-hybridized carbons (Fsp3) is 0.107. The molecule has 2 heterocycles. The summed E-state index contributed by atoms with van der Waals surface area (Å²) in [5.74, 6) is 2.58. The smallest absolute Gasteiger partial charge is 0.231 e. The third-order valence-corrected chi connectivity index (χ3v) is 5.74. The zero-order valence-electron chi connectivity index (χ0n) is 19.8. The number of hydrogen-bond acceptors (Lipinski definition) is 8. The Morgan fingerprint density at radius 1 is 1.05 bits per heavy atom. The first kappa shape index (κ1) is 23.3. The van der Waals surface area contributed by atoms with Crippen molar-refractivity contribution in [3.05, 3.63) is 89.1 Å². The van der Waals surface area contributed by atoms with Gasteiger partial charge in [-0.3, -0.25) is 0 Å².